The number of rotatable bonds is 6. The van der Waals surface area contributed by atoms with E-state index in [0.717, 1.165) is 16.7 Å². The topological polar surface area (TPSA) is 72.2 Å². The van der Waals surface area contributed by atoms with Crippen LogP contribution in [0.25, 0.3) is 0 Å². The van der Waals surface area contributed by atoms with Gasteiger partial charge in [0.2, 0.25) is 10.0 Å². The van der Waals surface area contributed by atoms with Gasteiger partial charge in [0.25, 0.3) is 0 Å². The Kier molecular flexibility index (Phi) is 12.2. The van der Waals surface area contributed by atoms with E-state index in [1.54, 1.807) is 12.1 Å². The minimum absolute atomic E-state index is 0. The van der Waals surface area contributed by atoms with Crippen molar-refractivity contribution in [2.75, 3.05) is 0 Å². The van der Waals surface area contributed by atoms with Gasteiger partial charge in [0, 0.05) is 19.5 Å². The van der Waals surface area contributed by atoms with Gasteiger partial charge in [-0.05, 0) is 96.7 Å². The number of hydrogen-bond donors (Lipinski definition) is 2. The molecule has 0 saturated carbocycles. The predicted octanol–water partition coefficient (Wildman–Crippen LogP) is 7.93. The maximum atomic E-state index is 13.1. The average molecular weight is 658 g/mol. The van der Waals surface area contributed by atoms with E-state index in [4.69, 9.17) is 5.73 Å². The van der Waals surface area contributed by atoms with E-state index in [1.807, 2.05) is 72.8 Å². The van der Waals surface area contributed by atoms with Crippen LogP contribution in [0.4, 0.5) is 0 Å². The van der Waals surface area contributed by atoms with Crippen LogP contribution in [-0.4, -0.2) is 8.42 Å². The number of nitrogens with one attached hydrogen (secondary N) is 1. The molecule has 0 saturated heterocycles. The summed E-state index contributed by atoms with van der Waals surface area (Å²) in [6.45, 7) is 17.2. The summed E-state index contributed by atoms with van der Waals surface area (Å²) in [6, 6.07) is 27.1. The first kappa shape index (κ1) is 34.6. The summed E-state index contributed by atoms with van der Waals surface area (Å²) in [5.41, 5.74) is 16.4. The van der Waals surface area contributed by atoms with Crippen molar-refractivity contribution >= 4 is 10.0 Å². The molecule has 6 heteroatoms. The van der Waals surface area contributed by atoms with Crippen LogP contribution in [0.15, 0.2) is 95.9 Å². The maximum Gasteiger partial charge on any atom is 0.241 e. The first-order valence-electron chi connectivity index (χ1n) is 13.7. The van der Waals surface area contributed by atoms with Gasteiger partial charge in [-0.1, -0.05) is 99.6 Å². The van der Waals surface area contributed by atoms with Crippen LogP contribution < -0.4 is 10.5 Å². The second kappa shape index (κ2) is 14.5. The largest absolute Gasteiger partial charge is 0.322 e. The molecule has 41 heavy (non-hydrogen) atoms. The standard InChI is InChI=1S/C24H28N2O2S.C11H16.Ru/c1-24(2,3)20-14-16-21(17-15-20)29(27,28)26-23(19-12-8-5-9-13-19)22(25)18-10-6-4-7-11-18;1-7-6-8(2)10(4)11(5)9(7)3;/h4-17,22-23,26H,25H2,1-3H3;6H,1-5H3;/t22-,23-;;/m1../s1. The van der Waals surface area contributed by atoms with Crippen molar-refractivity contribution < 1.29 is 27.9 Å². The number of benzene rings is 4. The van der Waals surface area contributed by atoms with Gasteiger partial charge in [0.05, 0.1) is 17.0 Å². The van der Waals surface area contributed by atoms with Crippen LogP contribution in [0.5, 0.6) is 0 Å². The van der Waals surface area contributed by atoms with Crippen molar-refractivity contribution in [2.24, 2.45) is 5.73 Å². The first-order chi connectivity index (χ1) is 18.7. The molecule has 0 amide bonds. The third-order valence-corrected chi connectivity index (χ3v) is 9.21. The van der Waals surface area contributed by atoms with Gasteiger partial charge in [-0.3, -0.25) is 0 Å². The summed E-state index contributed by atoms with van der Waals surface area (Å²) in [6.07, 6.45) is 0. The predicted molar refractivity (Wildman–Crippen MR) is 168 cm³/mol. The molecule has 0 aromatic heterocycles. The molecule has 0 heterocycles. The Morgan fingerprint density at radius 2 is 1.10 bits per heavy atom. The Balaban J connectivity index is 0.000000413. The van der Waals surface area contributed by atoms with Crippen molar-refractivity contribution in [3.63, 3.8) is 0 Å². The summed E-state index contributed by atoms with van der Waals surface area (Å²) < 4.78 is 29.1. The van der Waals surface area contributed by atoms with E-state index >= 15 is 0 Å². The van der Waals surface area contributed by atoms with Crippen molar-refractivity contribution in [1.29, 1.82) is 0 Å². The number of hydrogen-bond acceptors (Lipinski definition) is 3. The Labute approximate surface area is 260 Å². The zero-order valence-corrected chi connectivity index (χ0v) is 28.0. The van der Waals surface area contributed by atoms with E-state index < -0.39 is 22.1 Å². The molecule has 0 aliphatic heterocycles. The summed E-state index contributed by atoms with van der Waals surface area (Å²) in [5.74, 6) is 0. The molecule has 0 bridgehead atoms. The van der Waals surface area contributed by atoms with E-state index in [1.165, 1.54) is 27.8 Å². The molecule has 0 unspecified atom stereocenters. The molecule has 2 atom stereocenters. The number of nitrogens with two attached hydrogens (primary N) is 1. The molecule has 0 aliphatic rings. The Morgan fingerprint density at radius 3 is 1.54 bits per heavy atom. The summed E-state index contributed by atoms with van der Waals surface area (Å²) in [5, 5.41) is 0. The minimum atomic E-state index is -3.75. The average Bonchev–Trinajstić information content (AvgIpc) is 2.94. The Morgan fingerprint density at radius 1 is 0.659 bits per heavy atom. The molecule has 4 nitrogen and oxygen atoms in total. The minimum Gasteiger partial charge on any atom is -0.322 e. The van der Waals surface area contributed by atoms with Crippen LogP contribution >= 0.6 is 0 Å². The number of aryl methyl sites for hydroxylation is 2. The molecular formula is C35H44N2O2RuS. The van der Waals surface area contributed by atoms with Gasteiger partial charge >= 0.3 is 0 Å². The van der Waals surface area contributed by atoms with Crippen LogP contribution in [0.3, 0.4) is 0 Å². The smallest absolute Gasteiger partial charge is 0.241 e. The fraction of sp³-hybridized carbons (Fsp3) is 0.314. The molecule has 4 aromatic carbocycles. The van der Waals surface area contributed by atoms with E-state index in [0.29, 0.717) is 0 Å². The van der Waals surface area contributed by atoms with E-state index in [-0.39, 0.29) is 29.8 Å². The molecule has 0 spiro atoms. The fourth-order valence-corrected chi connectivity index (χ4v) is 5.91. The van der Waals surface area contributed by atoms with Crippen molar-refractivity contribution in [3.8, 4) is 0 Å². The SMILES string of the molecule is CC(C)(C)c1ccc(S(=O)(=O)N[C@H](c2ccccc2)[C@H](N)c2ccccc2)cc1.Cc1cc(C)c(C)c(C)c1C.[Ru]. The summed E-state index contributed by atoms with van der Waals surface area (Å²) >= 11 is 0. The molecule has 3 N–H and O–H groups in total. The normalized spacial score (nSPS) is 12.9. The van der Waals surface area contributed by atoms with Crippen LogP contribution in [0.2, 0.25) is 0 Å². The van der Waals surface area contributed by atoms with Gasteiger partial charge in [-0.25, -0.2) is 13.1 Å². The second-order valence-corrected chi connectivity index (χ2v) is 13.3. The van der Waals surface area contributed by atoms with Crippen LogP contribution in [0, 0.1) is 34.6 Å². The van der Waals surface area contributed by atoms with Gasteiger partial charge in [-0.2, -0.15) is 0 Å². The first-order valence-corrected chi connectivity index (χ1v) is 15.2. The van der Waals surface area contributed by atoms with Crippen molar-refractivity contribution in [2.45, 2.75) is 77.8 Å². The molecule has 4 rings (SSSR count). The van der Waals surface area contributed by atoms with Crippen LogP contribution in [0.1, 0.15) is 77.4 Å². The van der Waals surface area contributed by atoms with E-state index in [9.17, 15) is 8.42 Å². The monoisotopic (exact) mass is 658 g/mol. The van der Waals surface area contributed by atoms with Gasteiger partial charge in [0.1, 0.15) is 0 Å². The summed E-state index contributed by atoms with van der Waals surface area (Å²) in [7, 11) is -3.75. The third-order valence-electron chi connectivity index (χ3n) is 7.76. The molecule has 220 valence electrons. The molecule has 0 aliphatic carbocycles. The van der Waals surface area contributed by atoms with Gasteiger partial charge < -0.3 is 5.73 Å². The van der Waals surface area contributed by atoms with Gasteiger partial charge in [-0.15, -0.1) is 0 Å². The van der Waals surface area contributed by atoms with Crippen molar-refractivity contribution in [3.05, 3.63) is 136 Å². The quantitative estimate of drug-likeness (QED) is 0.207. The zero-order valence-electron chi connectivity index (χ0n) is 25.5. The fourth-order valence-electron chi connectivity index (χ4n) is 4.66. The molecule has 0 fully saturated rings. The zero-order chi connectivity index (χ0) is 29.7. The summed E-state index contributed by atoms with van der Waals surface area (Å²) in [4.78, 5) is 0.228. The van der Waals surface area contributed by atoms with Gasteiger partial charge in [0.15, 0.2) is 0 Å². The Hall–Kier alpha value is -2.63. The molecular weight excluding hydrogens is 614 g/mol. The second-order valence-electron chi connectivity index (χ2n) is 11.6. The molecule has 4 aromatic rings. The van der Waals surface area contributed by atoms with Crippen LogP contribution in [-0.2, 0) is 34.9 Å². The Bertz CT molecular complexity index is 1490. The van der Waals surface area contributed by atoms with Crippen molar-refractivity contribution in [1.82, 2.24) is 4.72 Å². The third kappa shape index (κ3) is 8.93. The van der Waals surface area contributed by atoms with E-state index in [2.05, 4.69) is 66.2 Å². The molecule has 0 radical (unpaired) electrons. The number of sulfonamides is 1. The maximum absolute atomic E-state index is 13.1.